The van der Waals surface area contributed by atoms with Gasteiger partial charge in [-0.2, -0.15) is 0 Å². The van der Waals surface area contributed by atoms with Gasteiger partial charge in [0.1, 0.15) is 5.60 Å². The number of rotatable bonds is 9. The van der Waals surface area contributed by atoms with Gasteiger partial charge in [0.15, 0.2) is 12.4 Å². The number of carbonyl (C=O) groups excluding carboxylic acids is 4. The summed E-state index contributed by atoms with van der Waals surface area (Å²) in [7, 11) is 0. The molecule has 0 aliphatic heterocycles. The van der Waals surface area contributed by atoms with Gasteiger partial charge in [-0.25, -0.2) is 0 Å². The van der Waals surface area contributed by atoms with Crippen LogP contribution in [0.15, 0.2) is 35.5 Å². The molecule has 41 heavy (non-hydrogen) atoms. The largest absolute Gasteiger partial charge is 0.458 e. The molecule has 0 saturated heterocycles. The number of allylic oxidation sites excluding steroid dienone is 5. The van der Waals surface area contributed by atoms with Crippen LogP contribution >= 0.6 is 0 Å². The topological polar surface area (TPSA) is 130 Å². The van der Waals surface area contributed by atoms with Crippen LogP contribution in [0.3, 0.4) is 0 Å². The minimum atomic E-state index is -1.70. The third kappa shape index (κ3) is 5.50. The molecular weight excluding hydrogens is 522 g/mol. The second kappa shape index (κ2) is 11.6. The minimum absolute atomic E-state index is 0.0133. The summed E-state index contributed by atoms with van der Waals surface area (Å²) in [5, 5.41) is 26.1. The molecule has 0 aromatic rings. The number of nitrogens with one attached hydrogen (secondary N) is 1. The molecule has 0 bridgehead atoms. The Balaban J connectivity index is 1.14. The molecule has 8 nitrogen and oxygen atoms in total. The number of amides is 1. The van der Waals surface area contributed by atoms with Crippen molar-refractivity contribution in [3.8, 4) is 0 Å². The fraction of sp³-hybridized carbons (Fsp3) is 0.697. The SMILES string of the molecule is C[C@]12C=CC(=O)C=C1CCC1C2C(O)C[C@]2(C)C1CC[C@]2(O)C(=O)COC(=O)CCC(=O)NCCC1=CCCCC1. The van der Waals surface area contributed by atoms with E-state index in [-0.39, 0.29) is 55.1 Å². The standard InChI is InChI=1S/C33H45NO7/c1-31-15-12-23(35)18-22(31)8-9-24-25-13-16-33(40,32(25,2)19-26(36)30(24)31)27(37)20-41-29(39)11-10-28(38)34-17-14-21-6-4-3-5-7-21/h6,12,15,18,24-26,30,36,40H,3-5,7-11,13-14,16-17,19-20H2,1-2H3,(H,34,38)/t24?,25?,26?,30?,31-,32+,33-/m0/s1. The number of hydrogen-bond acceptors (Lipinski definition) is 7. The van der Waals surface area contributed by atoms with Crippen molar-refractivity contribution in [1.82, 2.24) is 5.32 Å². The smallest absolute Gasteiger partial charge is 0.306 e. The van der Waals surface area contributed by atoms with E-state index in [0.717, 1.165) is 37.7 Å². The van der Waals surface area contributed by atoms with Crippen molar-refractivity contribution in [3.05, 3.63) is 35.5 Å². The Labute approximate surface area is 242 Å². The first-order valence-electron chi connectivity index (χ1n) is 15.5. The van der Waals surface area contributed by atoms with E-state index in [1.54, 1.807) is 12.2 Å². The van der Waals surface area contributed by atoms with Crippen LogP contribution < -0.4 is 5.32 Å². The van der Waals surface area contributed by atoms with Gasteiger partial charge in [-0.05, 0) is 88.2 Å². The number of Topliss-reactive ketones (excluding diaryl/α,β-unsaturated/α-hetero) is 1. The molecule has 0 heterocycles. The average Bonchev–Trinajstić information content (AvgIpc) is 3.22. The normalized spacial score (nSPS) is 37.7. The summed E-state index contributed by atoms with van der Waals surface area (Å²) in [6.07, 6.45) is 14.7. The summed E-state index contributed by atoms with van der Waals surface area (Å²) in [6.45, 7) is 3.98. The second-order valence-electron chi connectivity index (χ2n) is 13.4. The Bertz CT molecular complexity index is 1190. The van der Waals surface area contributed by atoms with Gasteiger partial charge in [0.25, 0.3) is 0 Å². The van der Waals surface area contributed by atoms with Crippen LogP contribution in [0.2, 0.25) is 0 Å². The van der Waals surface area contributed by atoms with E-state index < -0.39 is 40.9 Å². The zero-order chi connectivity index (χ0) is 29.4. The monoisotopic (exact) mass is 567 g/mol. The summed E-state index contributed by atoms with van der Waals surface area (Å²) in [4.78, 5) is 50.0. The van der Waals surface area contributed by atoms with Crippen LogP contribution in [0.1, 0.15) is 90.9 Å². The molecule has 8 heteroatoms. The van der Waals surface area contributed by atoms with Crippen molar-refractivity contribution in [3.63, 3.8) is 0 Å². The zero-order valence-corrected chi connectivity index (χ0v) is 24.5. The molecule has 224 valence electrons. The van der Waals surface area contributed by atoms with Crippen LogP contribution in [0.5, 0.6) is 0 Å². The van der Waals surface area contributed by atoms with Gasteiger partial charge in [-0.1, -0.05) is 37.1 Å². The lowest BCUT2D eigenvalue weighted by atomic mass is 9.46. The third-order valence-electron chi connectivity index (χ3n) is 11.2. The molecule has 3 N–H and O–H groups in total. The van der Waals surface area contributed by atoms with E-state index in [0.29, 0.717) is 13.0 Å². The molecule has 0 aromatic carbocycles. The lowest BCUT2D eigenvalue weighted by Crippen LogP contribution is -2.61. The highest BCUT2D eigenvalue weighted by Crippen LogP contribution is 2.67. The summed E-state index contributed by atoms with van der Waals surface area (Å²) >= 11 is 0. The number of ether oxygens (including phenoxy) is 1. The van der Waals surface area contributed by atoms with E-state index in [4.69, 9.17) is 4.74 Å². The number of carbonyl (C=O) groups is 4. The van der Waals surface area contributed by atoms with Crippen molar-refractivity contribution in [1.29, 1.82) is 0 Å². The van der Waals surface area contributed by atoms with Gasteiger partial charge in [0, 0.05) is 29.7 Å². The molecule has 5 aliphatic carbocycles. The third-order valence-corrected chi connectivity index (χ3v) is 11.2. The summed E-state index contributed by atoms with van der Waals surface area (Å²) in [6, 6.07) is 0. The molecule has 5 aliphatic rings. The molecule has 3 saturated carbocycles. The van der Waals surface area contributed by atoms with Crippen LogP contribution in [0, 0.1) is 28.6 Å². The Kier molecular flexibility index (Phi) is 8.46. The number of ketones is 2. The fourth-order valence-electron chi connectivity index (χ4n) is 8.92. The van der Waals surface area contributed by atoms with Gasteiger partial charge < -0.3 is 20.3 Å². The highest BCUT2D eigenvalue weighted by molar-refractivity contribution is 6.01. The van der Waals surface area contributed by atoms with Crippen LogP contribution in [0.25, 0.3) is 0 Å². The van der Waals surface area contributed by atoms with Gasteiger partial charge in [-0.15, -0.1) is 0 Å². The minimum Gasteiger partial charge on any atom is -0.458 e. The van der Waals surface area contributed by atoms with E-state index in [9.17, 15) is 29.4 Å². The molecule has 4 unspecified atom stereocenters. The first-order chi connectivity index (χ1) is 19.5. The Morgan fingerprint density at radius 3 is 2.68 bits per heavy atom. The lowest BCUT2D eigenvalue weighted by molar-refractivity contribution is -0.181. The predicted octanol–water partition coefficient (Wildman–Crippen LogP) is 3.90. The highest BCUT2D eigenvalue weighted by atomic mass is 16.5. The quantitative estimate of drug-likeness (QED) is 0.285. The number of aliphatic hydroxyl groups excluding tert-OH is 1. The molecule has 3 fully saturated rings. The van der Waals surface area contributed by atoms with E-state index in [2.05, 4.69) is 18.3 Å². The van der Waals surface area contributed by atoms with Crippen LogP contribution in [-0.4, -0.2) is 58.5 Å². The molecule has 0 spiro atoms. The Hall–Kier alpha value is -2.58. The predicted molar refractivity (Wildman–Crippen MR) is 152 cm³/mol. The number of aliphatic hydroxyl groups is 2. The van der Waals surface area contributed by atoms with Crippen molar-refractivity contribution in [2.75, 3.05) is 13.2 Å². The number of esters is 1. The Morgan fingerprint density at radius 1 is 1.12 bits per heavy atom. The van der Waals surface area contributed by atoms with Crippen LogP contribution in [-0.2, 0) is 23.9 Å². The zero-order valence-electron chi connectivity index (χ0n) is 24.5. The first kappa shape index (κ1) is 29.9. The lowest BCUT2D eigenvalue weighted by Gasteiger charge is -2.59. The van der Waals surface area contributed by atoms with Gasteiger partial charge in [-0.3, -0.25) is 19.2 Å². The molecule has 1 amide bonds. The molecule has 7 atom stereocenters. The molecule has 0 radical (unpaired) electrons. The van der Waals surface area contributed by atoms with Crippen molar-refractivity contribution in [2.24, 2.45) is 28.6 Å². The fourth-order valence-corrected chi connectivity index (χ4v) is 8.92. The number of hydrogen-bond donors (Lipinski definition) is 3. The molecular formula is C33H45NO7. The van der Waals surface area contributed by atoms with Gasteiger partial charge >= 0.3 is 5.97 Å². The van der Waals surface area contributed by atoms with Crippen LogP contribution in [0.4, 0.5) is 0 Å². The maximum Gasteiger partial charge on any atom is 0.306 e. The molecule has 0 aromatic heterocycles. The van der Waals surface area contributed by atoms with E-state index in [1.807, 2.05) is 13.0 Å². The van der Waals surface area contributed by atoms with Gasteiger partial charge in [0.05, 0.1) is 12.5 Å². The van der Waals surface area contributed by atoms with E-state index >= 15 is 0 Å². The summed E-state index contributed by atoms with van der Waals surface area (Å²) in [5.41, 5.74) is -0.545. The maximum absolute atomic E-state index is 13.4. The number of fused-ring (bicyclic) bond motifs is 5. The van der Waals surface area contributed by atoms with Crippen molar-refractivity contribution >= 4 is 23.4 Å². The summed E-state index contributed by atoms with van der Waals surface area (Å²) < 4.78 is 5.24. The maximum atomic E-state index is 13.4. The van der Waals surface area contributed by atoms with Crippen molar-refractivity contribution < 1.29 is 34.1 Å². The molecule has 5 rings (SSSR count). The van der Waals surface area contributed by atoms with Crippen molar-refractivity contribution in [2.45, 2.75) is 103 Å². The van der Waals surface area contributed by atoms with E-state index in [1.165, 1.54) is 18.4 Å². The summed E-state index contributed by atoms with van der Waals surface area (Å²) in [5.74, 6) is -1.40. The van der Waals surface area contributed by atoms with Gasteiger partial charge in [0.2, 0.25) is 11.7 Å². The highest BCUT2D eigenvalue weighted by Gasteiger charge is 2.68. The second-order valence-corrected chi connectivity index (χ2v) is 13.4. The first-order valence-corrected chi connectivity index (χ1v) is 15.5. The Morgan fingerprint density at radius 2 is 1.93 bits per heavy atom. The average molecular weight is 568 g/mol.